The van der Waals surface area contributed by atoms with E-state index < -0.39 is 5.97 Å². The molecule has 7 nitrogen and oxygen atoms in total. The van der Waals surface area contributed by atoms with Gasteiger partial charge in [-0.25, -0.2) is 4.79 Å². The van der Waals surface area contributed by atoms with Crippen LogP contribution >= 0.6 is 0 Å². The van der Waals surface area contributed by atoms with Gasteiger partial charge in [0, 0.05) is 17.8 Å². The van der Waals surface area contributed by atoms with Crippen LogP contribution in [0.1, 0.15) is 65.1 Å². The van der Waals surface area contributed by atoms with Crippen LogP contribution in [0.2, 0.25) is 0 Å². The largest absolute Gasteiger partial charge is 0.478 e. The minimum atomic E-state index is -1.04. The lowest BCUT2D eigenvalue weighted by Gasteiger charge is -2.24. The van der Waals surface area contributed by atoms with E-state index in [2.05, 4.69) is 16.6 Å². The van der Waals surface area contributed by atoms with Crippen molar-refractivity contribution in [1.82, 2.24) is 14.8 Å². The third-order valence-corrected chi connectivity index (χ3v) is 6.49. The van der Waals surface area contributed by atoms with Crippen LogP contribution in [0.3, 0.4) is 0 Å². The van der Waals surface area contributed by atoms with Crippen molar-refractivity contribution >= 4 is 34.2 Å². The van der Waals surface area contributed by atoms with Crippen LogP contribution in [-0.2, 0) is 6.42 Å². The predicted octanol–water partition coefficient (Wildman–Crippen LogP) is 5.79. The zero-order valence-electron chi connectivity index (χ0n) is 19.0. The predicted molar refractivity (Wildman–Crippen MR) is 131 cm³/mol. The van der Waals surface area contributed by atoms with Gasteiger partial charge < -0.3 is 5.11 Å². The van der Waals surface area contributed by atoms with Gasteiger partial charge in [0.1, 0.15) is 0 Å². The number of amides is 1. The molecule has 1 amide bonds. The number of aromatic carboxylic acids is 1. The molecule has 5 rings (SSSR count). The number of nitrogens with zero attached hydrogens (tertiary/aromatic N) is 4. The molecule has 0 saturated heterocycles. The molecule has 4 aromatic rings. The van der Waals surface area contributed by atoms with Gasteiger partial charge in [-0.1, -0.05) is 25.8 Å². The summed E-state index contributed by atoms with van der Waals surface area (Å²) in [7, 11) is 0. The summed E-state index contributed by atoms with van der Waals surface area (Å²) in [4.78, 5) is 31.0. The first-order valence-electron chi connectivity index (χ1n) is 11.7. The molecule has 2 heterocycles. The Bertz CT molecular complexity index is 1360. The van der Waals surface area contributed by atoms with Crippen molar-refractivity contribution < 1.29 is 14.7 Å². The quantitative estimate of drug-likeness (QED) is 0.399. The van der Waals surface area contributed by atoms with Crippen LogP contribution in [0.4, 0.5) is 11.4 Å². The number of aromatic nitrogens is 3. The fraction of sp³-hybridized carbons (Fsp3) is 0.259. The Morgan fingerprint density at radius 1 is 1.03 bits per heavy atom. The Balaban J connectivity index is 1.68. The molecular weight excluding hydrogens is 428 g/mol. The summed E-state index contributed by atoms with van der Waals surface area (Å²) in [6.45, 7) is 2.10. The molecule has 1 aliphatic rings. The van der Waals surface area contributed by atoms with E-state index in [1.165, 1.54) is 31.2 Å². The highest BCUT2D eigenvalue weighted by molar-refractivity contribution is 6.11. The van der Waals surface area contributed by atoms with Gasteiger partial charge in [0.05, 0.1) is 39.8 Å². The lowest BCUT2D eigenvalue weighted by molar-refractivity contribution is 0.0696. The third-order valence-electron chi connectivity index (χ3n) is 6.49. The molecule has 1 saturated carbocycles. The summed E-state index contributed by atoms with van der Waals surface area (Å²) in [5.41, 5.74) is 3.72. The Labute approximate surface area is 197 Å². The second-order valence-corrected chi connectivity index (χ2v) is 8.62. The number of aryl methyl sites for hydroxylation is 1. The van der Waals surface area contributed by atoms with E-state index >= 15 is 0 Å². The van der Waals surface area contributed by atoms with Crippen molar-refractivity contribution in [3.63, 3.8) is 0 Å². The summed E-state index contributed by atoms with van der Waals surface area (Å²) in [6, 6.07) is 16.1. The van der Waals surface area contributed by atoms with Crippen LogP contribution in [-0.4, -0.2) is 31.7 Å². The SMILES string of the molecule is CCc1nn(C2CCCC2)c2cc(N(C(=O)c3cccnc3)c3cccc(C(=O)O)c3)ccc12. The van der Waals surface area contributed by atoms with Crippen molar-refractivity contribution in [2.24, 2.45) is 0 Å². The lowest BCUT2D eigenvalue weighted by atomic mass is 10.1. The number of pyridine rings is 1. The number of anilines is 2. The zero-order valence-corrected chi connectivity index (χ0v) is 19.0. The van der Waals surface area contributed by atoms with Gasteiger partial charge in [-0.05, 0) is 67.8 Å². The first-order valence-corrected chi connectivity index (χ1v) is 11.7. The zero-order chi connectivity index (χ0) is 23.7. The fourth-order valence-corrected chi connectivity index (χ4v) is 4.80. The maximum Gasteiger partial charge on any atom is 0.335 e. The smallest absolute Gasteiger partial charge is 0.335 e. The molecule has 7 heteroatoms. The second-order valence-electron chi connectivity index (χ2n) is 8.62. The Hall–Kier alpha value is -4.00. The van der Waals surface area contributed by atoms with Crippen LogP contribution in [0.5, 0.6) is 0 Å². The number of rotatable bonds is 6. The van der Waals surface area contributed by atoms with Crippen LogP contribution in [0.15, 0.2) is 67.0 Å². The Morgan fingerprint density at radius 3 is 2.50 bits per heavy atom. The molecule has 0 spiro atoms. The van der Waals surface area contributed by atoms with E-state index in [0.29, 0.717) is 23.0 Å². The van der Waals surface area contributed by atoms with E-state index in [1.807, 2.05) is 18.2 Å². The number of fused-ring (bicyclic) bond motifs is 1. The molecule has 0 atom stereocenters. The molecule has 1 fully saturated rings. The standard InChI is InChI=1S/C27H26N4O3/c1-2-24-23-13-12-22(16-25(23)31(29-24)20-9-3-4-10-20)30(26(32)19-8-6-14-28-17-19)21-11-5-7-18(15-21)27(33)34/h5-8,11-17,20H,2-4,9-10H2,1H3,(H,33,34). The second kappa shape index (κ2) is 9.09. The normalized spacial score (nSPS) is 13.9. The molecule has 0 bridgehead atoms. The number of carboxylic acid groups (broad SMARTS) is 1. The van der Waals surface area contributed by atoms with E-state index in [-0.39, 0.29) is 11.5 Å². The summed E-state index contributed by atoms with van der Waals surface area (Å²) < 4.78 is 2.13. The first-order chi connectivity index (χ1) is 16.6. The molecule has 2 aromatic carbocycles. The van der Waals surface area contributed by atoms with Gasteiger partial charge >= 0.3 is 5.97 Å². The van der Waals surface area contributed by atoms with Crippen LogP contribution in [0.25, 0.3) is 10.9 Å². The van der Waals surface area contributed by atoms with Gasteiger partial charge in [0.2, 0.25) is 0 Å². The van der Waals surface area contributed by atoms with Crippen molar-refractivity contribution in [3.05, 3.63) is 83.8 Å². The van der Waals surface area contributed by atoms with Gasteiger partial charge in [-0.2, -0.15) is 5.10 Å². The molecule has 2 aromatic heterocycles. The van der Waals surface area contributed by atoms with E-state index in [0.717, 1.165) is 35.9 Å². The molecule has 0 aliphatic heterocycles. The summed E-state index contributed by atoms with van der Waals surface area (Å²) in [6.07, 6.45) is 8.56. The maximum atomic E-state index is 13.7. The topological polar surface area (TPSA) is 88.3 Å². The molecule has 1 aliphatic carbocycles. The molecule has 0 unspecified atom stereocenters. The number of benzene rings is 2. The summed E-state index contributed by atoms with van der Waals surface area (Å²) in [5.74, 6) is -1.32. The van der Waals surface area contributed by atoms with Gasteiger partial charge in [-0.15, -0.1) is 0 Å². The number of carboxylic acids is 1. The van der Waals surface area contributed by atoms with Crippen molar-refractivity contribution in [3.8, 4) is 0 Å². The number of carbonyl (C=O) groups is 2. The first kappa shape index (κ1) is 21.8. The number of carbonyl (C=O) groups excluding carboxylic acids is 1. The molecule has 172 valence electrons. The van der Waals surface area contributed by atoms with E-state index in [9.17, 15) is 14.7 Å². The summed E-state index contributed by atoms with van der Waals surface area (Å²) >= 11 is 0. The highest BCUT2D eigenvalue weighted by Gasteiger charge is 2.25. The molecule has 1 N–H and O–H groups in total. The highest BCUT2D eigenvalue weighted by Crippen LogP contribution is 2.36. The number of hydrogen-bond donors (Lipinski definition) is 1. The van der Waals surface area contributed by atoms with Gasteiger partial charge in [0.15, 0.2) is 0 Å². The number of hydrogen-bond acceptors (Lipinski definition) is 4. The minimum absolute atomic E-state index is 0.117. The fourth-order valence-electron chi connectivity index (χ4n) is 4.80. The van der Waals surface area contributed by atoms with Gasteiger partial charge in [0.25, 0.3) is 5.91 Å². The van der Waals surface area contributed by atoms with E-state index in [1.54, 1.807) is 35.4 Å². The van der Waals surface area contributed by atoms with Crippen LogP contribution < -0.4 is 4.90 Å². The van der Waals surface area contributed by atoms with E-state index in [4.69, 9.17) is 5.10 Å². The third kappa shape index (κ3) is 3.94. The molecule has 0 radical (unpaired) electrons. The van der Waals surface area contributed by atoms with Crippen molar-refractivity contribution in [2.45, 2.75) is 45.1 Å². The maximum absolute atomic E-state index is 13.7. The van der Waals surface area contributed by atoms with Crippen molar-refractivity contribution in [2.75, 3.05) is 4.90 Å². The van der Waals surface area contributed by atoms with Crippen LogP contribution in [0, 0.1) is 0 Å². The monoisotopic (exact) mass is 454 g/mol. The summed E-state index contributed by atoms with van der Waals surface area (Å²) in [5, 5.41) is 15.5. The molecular formula is C27H26N4O3. The Morgan fingerprint density at radius 2 is 1.79 bits per heavy atom. The average molecular weight is 455 g/mol. The lowest BCUT2D eigenvalue weighted by Crippen LogP contribution is -2.26. The highest BCUT2D eigenvalue weighted by atomic mass is 16.4. The Kier molecular flexibility index (Phi) is 5.84. The molecule has 34 heavy (non-hydrogen) atoms. The average Bonchev–Trinajstić information content (AvgIpc) is 3.52. The minimum Gasteiger partial charge on any atom is -0.478 e. The van der Waals surface area contributed by atoms with Crippen molar-refractivity contribution in [1.29, 1.82) is 0 Å². The van der Waals surface area contributed by atoms with Gasteiger partial charge in [-0.3, -0.25) is 19.4 Å².